The molecule has 0 aromatic heterocycles. The molecule has 0 saturated carbocycles. The summed E-state index contributed by atoms with van der Waals surface area (Å²) in [5.74, 6) is 0. The van der Waals surface area contributed by atoms with E-state index >= 15 is 0 Å². The molecule has 0 bridgehead atoms. The first-order chi connectivity index (χ1) is 8.79. The molecule has 1 rings (SSSR count). The van der Waals surface area contributed by atoms with Crippen molar-refractivity contribution < 1.29 is 18.0 Å². The van der Waals surface area contributed by atoms with Crippen molar-refractivity contribution in [2.75, 3.05) is 18.4 Å². The molecule has 2 amide bonds. The van der Waals surface area contributed by atoms with Gasteiger partial charge in [-0.25, -0.2) is 4.79 Å². The van der Waals surface area contributed by atoms with Gasteiger partial charge in [0.1, 0.15) is 0 Å². The van der Waals surface area contributed by atoms with Crippen LogP contribution in [0.2, 0.25) is 5.02 Å². The van der Waals surface area contributed by atoms with Gasteiger partial charge in [-0.3, -0.25) is 0 Å². The fourth-order valence-corrected chi connectivity index (χ4v) is 1.76. The monoisotopic (exact) mass is 294 g/mol. The van der Waals surface area contributed by atoms with Gasteiger partial charge in [-0.05, 0) is 32.0 Å². The number of carbonyl (C=O) groups is 1. The molecule has 0 atom stereocenters. The van der Waals surface area contributed by atoms with Gasteiger partial charge < -0.3 is 10.2 Å². The van der Waals surface area contributed by atoms with E-state index < -0.39 is 22.8 Å². The van der Waals surface area contributed by atoms with E-state index in [1.807, 2.05) is 0 Å². The summed E-state index contributed by atoms with van der Waals surface area (Å²) in [5, 5.41) is 2.02. The van der Waals surface area contributed by atoms with Gasteiger partial charge in [0, 0.05) is 18.8 Å². The number of amides is 2. The van der Waals surface area contributed by atoms with Crippen LogP contribution in [0.3, 0.4) is 0 Å². The smallest absolute Gasteiger partial charge is 0.325 e. The van der Waals surface area contributed by atoms with Crippen LogP contribution in [0, 0.1) is 0 Å². The van der Waals surface area contributed by atoms with Crippen molar-refractivity contribution in [3.8, 4) is 0 Å². The second kappa shape index (κ2) is 6.14. The molecule has 0 aliphatic heterocycles. The molecule has 7 heteroatoms. The Hall–Kier alpha value is -1.43. The van der Waals surface area contributed by atoms with E-state index in [-0.39, 0.29) is 5.69 Å². The molecule has 0 spiro atoms. The summed E-state index contributed by atoms with van der Waals surface area (Å²) in [6, 6.07) is 2.82. The Kier molecular flexibility index (Phi) is 5.05. The highest BCUT2D eigenvalue weighted by Crippen LogP contribution is 2.36. The molecule has 0 aliphatic rings. The molecular formula is C12H14ClF3N2O. The van der Waals surface area contributed by atoms with Gasteiger partial charge in [0.15, 0.2) is 0 Å². The zero-order valence-electron chi connectivity index (χ0n) is 10.5. The standard InChI is InChI=1S/C12H14ClF3N2O/c1-3-18(4-2)11(19)17-8-5-6-10(13)9(7-8)12(14,15)16/h5-7H,3-4H2,1-2H3,(H,17,19). The fourth-order valence-electron chi connectivity index (χ4n) is 1.53. The Labute approximate surface area is 114 Å². The van der Waals surface area contributed by atoms with Gasteiger partial charge in [-0.15, -0.1) is 0 Å². The lowest BCUT2D eigenvalue weighted by atomic mass is 10.2. The minimum atomic E-state index is -4.55. The Bertz CT molecular complexity index is 459. The average molecular weight is 295 g/mol. The zero-order chi connectivity index (χ0) is 14.6. The number of hydrogen-bond donors (Lipinski definition) is 1. The first kappa shape index (κ1) is 15.6. The molecule has 0 fully saturated rings. The summed E-state index contributed by atoms with van der Waals surface area (Å²) < 4.78 is 37.9. The summed E-state index contributed by atoms with van der Waals surface area (Å²) in [6.45, 7) is 4.52. The molecule has 19 heavy (non-hydrogen) atoms. The second-order valence-electron chi connectivity index (χ2n) is 3.79. The van der Waals surface area contributed by atoms with Gasteiger partial charge in [-0.1, -0.05) is 11.6 Å². The van der Waals surface area contributed by atoms with Crippen molar-refractivity contribution >= 4 is 23.3 Å². The molecule has 0 aliphatic carbocycles. The predicted octanol–water partition coefficient (Wildman–Crippen LogP) is 4.23. The maximum absolute atomic E-state index is 12.6. The molecule has 0 heterocycles. The highest BCUT2D eigenvalue weighted by molar-refractivity contribution is 6.31. The van der Waals surface area contributed by atoms with Crippen LogP contribution in [-0.2, 0) is 6.18 Å². The number of alkyl halides is 3. The normalized spacial score (nSPS) is 11.3. The number of nitrogens with zero attached hydrogens (tertiary/aromatic N) is 1. The number of halogens is 4. The van der Waals surface area contributed by atoms with E-state index in [1.165, 1.54) is 11.0 Å². The van der Waals surface area contributed by atoms with Crippen LogP contribution >= 0.6 is 11.6 Å². The third-order valence-corrected chi connectivity index (χ3v) is 2.90. The number of urea groups is 1. The van der Waals surface area contributed by atoms with Crippen molar-refractivity contribution in [2.45, 2.75) is 20.0 Å². The van der Waals surface area contributed by atoms with Crippen LogP contribution in [0.5, 0.6) is 0 Å². The zero-order valence-corrected chi connectivity index (χ0v) is 11.3. The lowest BCUT2D eigenvalue weighted by Crippen LogP contribution is -2.34. The third kappa shape index (κ3) is 4.02. The van der Waals surface area contributed by atoms with Gasteiger partial charge in [0.25, 0.3) is 0 Å². The summed E-state index contributed by atoms with van der Waals surface area (Å²) in [6.07, 6.45) is -4.55. The number of rotatable bonds is 3. The van der Waals surface area contributed by atoms with Gasteiger partial charge in [0.05, 0.1) is 10.6 Å². The van der Waals surface area contributed by atoms with E-state index in [2.05, 4.69) is 5.32 Å². The van der Waals surface area contributed by atoms with Gasteiger partial charge >= 0.3 is 12.2 Å². The summed E-state index contributed by atoms with van der Waals surface area (Å²) >= 11 is 5.49. The van der Waals surface area contributed by atoms with Crippen LogP contribution in [0.4, 0.5) is 23.7 Å². The molecule has 106 valence electrons. The maximum Gasteiger partial charge on any atom is 0.417 e. The lowest BCUT2D eigenvalue weighted by Gasteiger charge is -2.19. The highest BCUT2D eigenvalue weighted by Gasteiger charge is 2.33. The minimum absolute atomic E-state index is 0.0635. The van der Waals surface area contributed by atoms with E-state index in [1.54, 1.807) is 13.8 Å². The average Bonchev–Trinajstić information content (AvgIpc) is 2.31. The first-order valence-electron chi connectivity index (χ1n) is 5.72. The predicted molar refractivity (Wildman–Crippen MR) is 68.4 cm³/mol. The number of benzene rings is 1. The van der Waals surface area contributed by atoms with Crippen LogP contribution < -0.4 is 5.32 Å². The fraction of sp³-hybridized carbons (Fsp3) is 0.417. The molecule has 1 aromatic carbocycles. The second-order valence-corrected chi connectivity index (χ2v) is 4.20. The number of carbonyl (C=O) groups excluding carboxylic acids is 1. The molecular weight excluding hydrogens is 281 g/mol. The number of hydrogen-bond acceptors (Lipinski definition) is 1. The van der Waals surface area contributed by atoms with E-state index in [4.69, 9.17) is 11.6 Å². The van der Waals surface area contributed by atoms with Gasteiger partial charge in [-0.2, -0.15) is 13.2 Å². The summed E-state index contributed by atoms with van der Waals surface area (Å²) in [4.78, 5) is 13.2. The Balaban J connectivity index is 2.95. The topological polar surface area (TPSA) is 32.3 Å². The van der Waals surface area contributed by atoms with Crippen LogP contribution in [0.15, 0.2) is 18.2 Å². The van der Waals surface area contributed by atoms with E-state index in [9.17, 15) is 18.0 Å². The van der Waals surface area contributed by atoms with Crippen molar-refractivity contribution in [3.63, 3.8) is 0 Å². The molecule has 1 aromatic rings. The SMILES string of the molecule is CCN(CC)C(=O)Nc1ccc(Cl)c(C(F)(F)F)c1. The molecule has 1 N–H and O–H groups in total. The largest absolute Gasteiger partial charge is 0.417 e. The van der Waals surface area contributed by atoms with E-state index in [0.29, 0.717) is 13.1 Å². The van der Waals surface area contributed by atoms with Gasteiger partial charge in [0.2, 0.25) is 0 Å². The summed E-state index contributed by atoms with van der Waals surface area (Å²) in [7, 11) is 0. The highest BCUT2D eigenvalue weighted by atomic mass is 35.5. The lowest BCUT2D eigenvalue weighted by molar-refractivity contribution is -0.137. The maximum atomic E-state index is 12.6. The van der Waals surface area contributed by atoms with Crippen LogP contribution in [0.1, 0.15) is 19.4 Å². The molecule has 0 radical (unpaired) electrons. The minimum Gasteiger partial charge on any atom is -0.325 e. The summed E-state index contributed by atoms with van der Waals surface area (Å²) in [5.41, 5.74) is -0.903. The Morgan fingerprint density at radius 3 is 2.37 bits per heavy atom. The third-order valence-electron chi connectivity index (χ3n) is 2.57. The Morgan fingerprint density at radius 2 is 1.89 bits per heavy atom. The van der Waals surface area contributed by atoms with Crippen LogP contribution in [-0.4, -0.2) is 24.0 Å². The van der Waals surface area contributed by atoms with Crippen LogP contribution in [0.25, 0.3) is 0 Å². The quantitative estimate of drug-likeness (QED) is 0.889. The van der Waals surface area contributed by atoms with Crippen molar-refractivity contribution in [2.24, 2.45) is 0 Å². The molecule has 3 nitrogen and oxygen atoms in total. The van der Waals surface area contributed by atoms with Crippen molar-refractivity contribution in [3.05, 3.63) is 28.8 Å². The Morgan fingerprint density at radius 1 is 1.32 bits per heavy atom. The van der Waals surface area contributed by atoms with Crippen molar-refractivity contribution in [1.82, 2.24) is 4.90 Å². The molecule has 0 unspecified atom stereocenters. The number of anilines is 1. The first-order valence-corrected chi connectivity index (χ1v) is 6.10. The van der Waals surface area contributed by atoms with Crippen molar-refractivity contribution in [1.29, 1.82) is 0 Å². The number of nitrogens with one attached hydrogen (secondary N) is 1. The molecule has 0 saturated heterocycles. The van der Waals surface area contributed by atoms with E-state index in [0.717, 1.165) is 12.1 Å².